The summed E-state index contributed by atoms with van der Waals surface area (Å²) in [5.41, 5.74) is 2.25. The van der Waals surface area contributed by atoms with E-state index in [0.717, 1.165) is 56.8 Å². The zero-order valence-corrected chi connectivity index (χ0v) is 18.5. The Balaban J connectivity index is 1.31. The van der Waals surface area contributed by atoms with Crippen LogP contribution in [0.5, 0.6) is 5.75 Å². The molecule has 170 valence electrons. The van der Waals surface area contributed by atoms with Crippen LogP contribution in [-0.4, -0.2) is 57.3 Å². The highest BCUT2D eigenvalue weighted by Gasteiger charge is 2.24. The number of benzene rings is 2. The summed E-state index contributed by atoms with van der Waals surface area (Å²) >= 11 is 0. The molecule has 2 saturated heterocycles. The Kier molecular flexibility index (Phi) is 7.27. The van der Waals surface area contributed by atoms with Gasteiger partial charge in [0.25, 0.3) is 11.8 Å². The Morgan fingerprint density at radius 1 is 1.03 bits per heavy atom. The predicted molar refractivity (Wildman–Crippen MR) is 123 cm³/mol. The van der Waals surface area contributed by atoms with Gasteiger partial charge in [-0.2, -0.15) is 0 Å². The summed E-state index contributed by atoms with van der Waals surface area (Å²) < 4.78 is 10.8. The molecule has 0 aromatic heterocycles. The highest BCUT2D eigenvalue weighted by molar-refractivity contribution is 6.00. The van der Waals surface area contributed by atoms with Crippen molar-refractivity contribution in [2.75, 3.05) is 38.3 Å². The summed E-state index contributed by atoms with van der Waals surface area (Å²) in [7, 11) is 1.61. The van der Waals surface area contributed by atoms with Crippen molar-refractivity contribution in [2.24, 2.45) is 0 Å². The van der Waals surface area contributed by atoms with Gasteiger partial charge in [0.2, 0.25) is 0 Å². The smallest absolute Gasteiger partial charge is 0.253 e. The molecule has 0 aliphatic carbocycles. The topological polar surface area (TPSA) is 79.9 Å². The van der Waals surface area contributed by atoms with Gasteiger partial charge in [0, 0.05) is 43.5 Å². The molecule has 2 fully saturated rings. The van der Waals surface area contributed by atoms with Crippen LogP contribution in [-0.2, 0) is 4.74 Å². The average Bonchev–Trinajstić information content (AvgIpc) is 3.37. The van der Waals surface area contributed by atoms with Gasteiger partial charge in [0.05, 0.1) is 18.8 Å². The van der Waals surface area contributed by atoms with Crippen molar-refractivity contribution in [3.8, 4) is 5.75 Å². The summed E-state index contributed by atoms with van der Waals surface area (Å²) in [6.45, 7) is 2.89. The lowest BCUT2D eigenvalue weighted by atomic mass is 10.0. The number of amides is 2. The van der Waals surface area contributed by atoms with E-state index in [9.17, 15) is 9.59 Å². The van der Waals surface area contributed by atoms with E-state index in [2.05, 4.69) is 15.5 Å². The second-order valence-corrected chi connectivity index (χ2v) is 8.33. The molecule has 2 aliphatic rings. The normalized spacial score (nSPS) is 18.9. The molecule has 2 amide bonds. The predicted octanol–water partition coefficient (Wildman–Crippen LogP) is 3.00. The molecule has 0 saturated carbocycles. The van der Waals surface area contributed by atoms with Crippen LogP contribution in [0.4, 0.5) is 5.69 Å². The third-order valence-electron chi connectivity index (χ3n) is 6.19. The van der Waals surface area contributed by atoms with Gasteiger partial charge < -0.3 is 25.0 Å². The monoisotopic (exact) mass is 437 g/mol. The maximum atomic E-state index is 12.8. The number of carbonyl (C=O) groups is 2. The van der Waals surface area contributed by atoms with Gasteiger partial charge in [-0.3, -0.25) is 9.59 Å². The molecule has 7 heteroatoms. The van der Waals surface area contributed by atoms with Gasteiger partial charge in [-0.15, -0.1) is 0 Å². The van der Waals surface area contributed by atoms with E-state index in [0.29, 0.717) is 17.7 Å². The van der Waals surface area contributed by atoms with Crippen LogP contribution in [0.1, 0.15) is 46.4 Å². The standard InChI is InChI=1S/C25H31N3O4/c1-31-20-10-8-18(9-11-20)24(29)27-19-12-14-28(15-13-19)23-7-3-2-6-22(23)25(30)26-17-21-5-4-16-32-21/h2-3,6-11,19,21H,4-5,12-17H2,1H3,(H,26,30)(H,27,29). The van der Waals surface area contributed by atoms with E-state index >= 15 is 0 Å². The molecule has 2 N–H and O–H groups in total. The maximum absolute atomic E-state index is 12.8. The van der Waals surface area contributed by atoms with Gasteiger partial charge in [-0.1, -0.05) is 12.1 Å². The molecule has 4 rings (SSSR count). The molecular formula is C25H31N3O4. The Bertz CT molecular complexity index is 917. The molecular weight excluding hydrogens is 406 g/mol. The SMILES string of the molecule is COc1ccc(C(=O)NC2CCN(c3ccccc3C(=O)NCC3CCCO3)CC2)cc1. The van der Waals surface area contributed by atoms with Gasteiger partial charge in [0.1, 0.15) is 5.75 Å². The van der Waals surface area contributed by atoms with Gasteiger partial charge in [-0.25, -0.2) is 0 Å². The van der Waals surface area contributed by atoms with Crippen LogP contribution in [0.2, 0.25) is 0 Å². The molecule has 0 radical (unpaired) electrons. The summed E-state index contributed by atoms with van der Waals surface area (Å²) in [4.78, 5) is 27.6. The zero-order chi connectivity index (χ0) is 22.3. The quantitative estimate of drug-likeness (QED) is 0.696. The molecule has 2 aromatic carbocycles. The van der Waals surface area contributed by atoms with E-state index in [-0.39, 0.29) is 24.0 Å². The number of nitrogens with one attached hydrogen (secondary N) is 2. The number of hydrogen-bond donors (Lipinski definition) is 2. The second kappa shape index (κ2) is 10.5. The average molecular weight is 438 g/mol. The maximum Gasteiger partial charge on any atom is 0.253 e. The molecule has 2 aromatic rings. The Labute approximate surface area is 189 Å². The van der Waals surface area contributed by atoms with Crippen molar-refractivity contribution in [3.63, 3.8) is 0 Å². The largest absolute Gasteiger partial charge is 0.497 e. The molecule has 2 aliphatic heterocycles. The highest BCUT2D eigenvalue weighted by Crippen LogP contribution is 2.25. The minimum atomic E-state index is -0.0694. The van der Waals surface area contributed by atoms with Crippen molar-refractivity contribution in [1.29, 1.82) is 0 Å². The summed E-state index contributed by atoms with van der Waals surface area (Å²) in [5, 5.41) is 6.16. The van der Waals surface area contributed by atoms with E-state index in [1.807, 2.05) is 24.3 Å². The fourth-order valence-electron chi connectivity index (χ4n) is 4.32. The minimum absolute atomic E-state index is 0.0639. The molecule has 1 unspecified atom stereocenters. The molecule has 32 heavy (non-hydrogen) atoms. The number of nitrogens with zero attached hydrogens (tertiary/aromatic N) is 1. The van der Waals surface area contributed by atoms with Crippen LogP contribution >= 0.6 is 0 Å². The van der Waals surface area contributed by atoms with E-state index < -0.39 is 0 Å². The lowest BCUT2D eigenvalue weighted by Gasteiger charge is -2.35. The van der Waals surface area contributed by atoms with Gasteiger partial charge >= 0.3 is 0 Å². The second-order valence-electron chi connectivity index (χ2n) is 8.33. The number of rotatable bonds is 7. The van der Waals surface area contributed by atoms with E-state index in [1.165, 1.54) is 0 Å². The number of para-hydroxylation sites is 1. The van der Waals surface area contributed by atoms with Crippen molar-refractivity contribution < 1.29 is 19.1 Å². The lowest BCUT2D eigenvalue weighted by molar-refractivity contribution is 0.0858. The molecule has 0 spiro atoms. The van der Waals surface area contributed by atoms with Crippen molar-refractivity contribution in [1.82, 2.24) is 10.6 Å². The number of hydrogen-bond acceptors (Lipinski definition) is 5. The first-order valence-corrected chi connectivity index (χ1v) is 11.3. The van der Waals surface area contributed by atoms with Crippen molar-refractivity contribution in [2.45, 2.75) is 37.8 Å². The van der Waals surface area contributed by atoms with Gasteiger partial charge in [-0.05, 0) is 62.1 Å². The number of methoxy groups -OCH3 is 1. The summed E-state index contributed by atoms with van der Waals surface area (Å²) in [6.07, 6.45) is 3.83. The fraction of sp³-hybridized carbons (Fsp3) is 0.440. The Morgan fingerprint density at radius 2 is 1.78 bits per heavy atom. The molecule has 7 nitrogen and oxygen atoms in total. The summed E-state index contributed by atoms with van der Waals surface area (Å²) in [6, 6.07) is 15.0. The fourth-order valence-corrected chi connectivity index (χ4v) is 4.32. The lowest BCUT2D eigenvalue weighted by Crippen LogP contribution is -2.45. The van der Waals surface area contributed by atoms with E-state index in [4.69, 9.17) is 9.47 Å². The minimum Gasteiger partial charge on any atom is -0.497 e. The number of ether oxygens (including phenoxy) is 2. The van der Waals surface area contributed by atoms with Crippen LogP contribution < -0.4 is 20.3 Å². The third kappa shape index (κ3) is 5.40. The summed E-state index contributed by atoms with van der Waals surface area (Å²) in [5.74, 6) is 0.597. The number of piperidine rings is 1. The van der Waals surface area contributed by atoms with Crippen molar-refractivity contribution >= 4 is 17.5 Å². The third-order valence-corrected chi connectivity index (χ3v) is 6.19. The molecule has 0 bridgehead atoms. The van der Waals surface area contributed by atoms with Crippen molar-refractivity contribution in [3.05, 3.63) is 59.7 Å². The molecule has 1 atom stereocenters. The number of anilines is 1. The van der Waals surface area contributed by atoms with Gasteiger partial charge in [0.15, 0.2) is 0 Å². The Morgan fingerprint density at radius 3 is 2.47 bits per heavy atom. The van der Waals surface area contributed by atoms with Crippen LogP contribution in [0, 0.1) is 0 Å². The number of carbonyl (C=O) groups excluding carboxylic acids is 2. The molecule has 2 heterocycles. The first-order valence-electron chi connectivity index (χ1n) is 11.3. The van der Waals surface area contributed by atoms with Crippen LogP contribution in [0.25, 0.3) is 0 Å². The highest BCUT2D eigenvalue weighted by atomic mass is 16.5. The first kappa shape index (κ1) is 22.1. The van der Waals surface area contributed by atoms with E-state index in [1.54, 1.807) is 31.4 Å². The Hall–Kier alpha value is -3.06. The van der Waals surface area contributed by atoms with Crippen LogP contribution in [0.3, 0.4) is 0 Å². The zero-order valence-electron chi connectivity index (χ0n) is 18.5. The van der Waals surface area contributed by atoms with Crippen LogP contribution in [0.15, 0.2) is 48.5 Å². The first-order chi connectivity index (χ1) is 15.6.